The zero-order valence-electron chi connectivity index (χ0n) is 14.4. The fourth-order valence-corrected chi connectivity index (χ4v) is 3.33. The highest BCUT2D eigenvalue weighted by Crippen LogP contribution is 2.34. The minimum atomic E-state index is -1.71. The molecule has 0 saturated carbocycles. The van der Waals surface area contributed by atoms with Crippen LogP contribution < -0.4 is 4.90 Å². The van der Waals surface area contributed by atoms with Crippen LogP contribution in [0.5, 0.6) is 0 Å². The molecular formula is C17H11Cl2F4N3O3. The van der Waals surface area contributed by atoms with Crippen molar-refractivity contribution in [2.75, 3.05) is 31.1 Å². The molecule has 0 N–H and O–H groups in total. The van der Waals surface area contributed by atoms with E-state index >= 15 is 0 Å². The van der Waals surface area contributed by atoms with Gasteiger partial charge in [-0.25, -0.2) is 17.6 Å². The van der Waals surface area contributed by atoms with Crippen LogP contribution in [0, 0.1) is 33.4 Å². The van der Waals surface area contributed by atoms with Gasteiger partial charge in [-0.3, -0.25) is 14.9 Å². The minimum absolute atomic E-state index is 0.00182. The van der Waals surface area contributed by atoms with Gasteiger partial charge in [0.05, 0.1) is 15.5 Å². The van der Waals surface area contributed by atoms with Crippen molar-refractivity contribution in [1.82, 2.24) is 4.90 Å². The van der Waals surface area contributed by atoms with E-state index in [0.29, 0.717) is 0 Å². The smallest absolute Gasteiger partial charge is 0.270 e. The Hall–Kier alpha value is -2.59. The highest BCUT2D eigenvalue weighted by atomic mass is 35.5. The van der Waals surface area contributed by atoms with Crippen LogP contribution in [-0.2, 0) is 0 Å². The van der Waals surface area contributed by atoms with E-state index in [1.54, 1.807) is 0 Å². The molecule has 1 aliphatic rings. The minimum Gasteiger partial charge on any atom is -0.363 e. The molecule has 0 atom stereocenters. The summed E-state index contributed by atoms with van der Waals surface area (Å²) in [5, 5.41) is 9.62. The SMILES string of the molecule is O=C(c1cc([N+](=O)[O-])ccc1Cl)N1CCN(c2c(F)c(F)c(Cl)c(F)c2F)CC1. The molecule has 0 aromatic heterocycles. The molecule has 0 spiro atoms. The van der Waals surface area contributed by atoms with Crippen LogP contribution in [0.3, 0.4) is 0 Å². The number of halogens is 6. The second-order valence-electron chi connectivity index (χ2n) is 6.12. The highest BCUT2D eigenvalue weighted by molar-refractivity contribution is 6.34. The number of non-ortho nitro benzene ring substituents is 1. The highest BCUT2D eigenvalue weighted by Gasteiger charge is 2.31. The Morgan fingerprint density at radius 3 is 2.03 bits per heavy atom. The summed E-state index contributed by atoms with van der Waals surface area (Å²) in [6.07, 6.45) is 0. The maximum atomic E-state index is 14.1. The molecule has 3 rings (SSSR count). The molecule has 154 valence electrons. The number of nitro groups is 1. The van der Waals surface area contributed by atoms with Crippen LogP contribution in [0.15, 0.2) is 18.2 Å². The van der Waals surface area contributed by atoms with Crippen molar-refractivity contribution in [1.29, 1.82) is 0 Å². The molecule has 1 aliphatic heterocycles. The molecule has 2 aromatic carbocycles. The number of anilines is 1. The zero-order chi connectivity index (χ0) is 21.5. The summed E-state index contributed by atoms with van der Waals surface area (Å²) in [6.45, 7) is -0.426. The largest absolute Gasteiger partial charge is 0.363 e. The quantitative estimate of drug-likeness (QED) is 0.228. The third-order valence-electron chi connectivity index (χ3n) is 4.46. The summed E-state index contributed by atoms with van der Waals surface area (Å²) in [7, 11) is 0. The van der Waals surface area contributed by atoms with Crippen molar-refractivity contribution in [3.05, 3.63) is 67.2 Å². The summed E-state index contributed by atoms with van der Waals surface area (Å²) in [5.74, 6) is -7.29. The average Bonchev–Trinajstić information content (AvgIpc) is 2.71. The first-order valence-corrected chi connectivity index (χ1v) is 8.88. The molecule has 1 saturated heterocycles. The molecule has 0 bridgehead atoms. The van der Waals surface area contributed by atoms with Crippen molar-refractivity contribution < 1.29 is 27.3 Å². The maximum Gasteiger partial charge on any atom is 0.270 e. The first kappa shape index (κ1) is 21.1. The predicted molar refractivity (Wildman–Crippen MR) is 97.5 cm³/mol. The Morgan fingerprint density at radius 2 is 1.52 bits per heavy atom. The second kappa shape index (κ2) is 8.03. The molecule has 29 heavy (non-hydrogen) atoms. The van der Waals surface area contributed by atoms with Gasteiger partial charge in [0.25, 0.3) is 11.6 Å². The van der Waals surface area contributed by atoms with Crippen LogP contribution in [0.1, 0.15) is 10.4 Å². The average molecular weight is 452 g/mol. The summed E-state index contributed by atoms with van der Waals surface area (Å²) in [4.78, 5) is 25.2. The number of piperazine rings is 1. The molecule has 0 aliphatic carbocycles. The number of rotatable bonds is 3. The summed E-state index contributed by atoms with van der Waals surface area (Å²) >= 11 is 11.2. The lowest BCUT2D eigenvalue weighted by atomic mass is 10.1. The van der Waals surface area contributed by atoms with Crippen molar-refractivity contribution in [2.24, 2.45) is 0 Å². The number of nitrogens with zero attached hydrogens (tertiary/aromatic N) is 3. The summed E-state index contributed by atoms with van der Waals surface area (Å²) < 4.78 is 55.6. The van der Waals surface area contributed by atoms with Crippen molar-refractivity contribution in [2.45, 2.75) is 0 Å². The van der Waals surface area contributed by atoms with Crippen molar-refractivity contribution in [3.8, 4) is 0 Å². The van der Waals surface area contributed by atoms with E-state index in [1.807, 2.05) is 0 Å². The van der Waals surface area contributed by atoms with E-state index in [1.165, 1.54) is 11.0 Å². The van der Waals surface area contributed by atoms with Crippen molar-refractivity contribution in [3.63, 3.8) is 0 Å². The molecule has 0 unspecified atom stereocenters. The lowest BCUT2D eigenvalue weighted by molar-refractivity contribution is -0.384. The van der Waals surface area contributed by atoms with Gasteiger partial charge in [-0.1, -0.05) is 23.2 Å². The third-order valence-corrected chi connectivity index (χ3v) is 5.12. The number of carbonyl (C=O) groups is 1. The molecule has 0 radical (unpaired) electrons. The number of carbonyl (C=O) groups excluding carboxylic acids is 1. The van der Waals surface area contributed by atoms with Crippen LogP contribution >= 0.6 is 23.2 Å². The Labute approximate surface area is 171 Å². The van der Waals surface area contributed by atoms with Gasteiger partial charge in [-0.2, -0.15) is 0 Å². The van der Waals surface area contributed by atoms with E-state index in [0.717, 1.165) is 17.0 Å². The Morgan fingerprint density at radius 1 is 0.966 bits per heavy atom. The monoisotopic (exact) mass is 451 g/mol. The molecule has 12 heteroatoms. The Bertz CT molecular complexity index is 985. The lowest BCUT2D eigenvalue weighted by Crippen LogP contribution is -2.49. The lowest BCUT2D eigenvalue weighted by Gasteiger charge is -2.36. The standard InChI is InChI=1S/C17H11Cl2F4N3O3/c18-10-2-1-8(26(28)29)7-9(10)17(27)25-5-3-24(4-6-25)16-14(22)12(20)11(19)13(21)15(16)23/h1-2,7H,3-6H2. The molecule has 2 aromatic rings. The number of hydrogen-bond acceptors (Lipinski definition) is 4. The summed E-state index contributed by atoms with van der Waals surface area (Å²) in [6, 6.07) is 3.39. The number of amides is 1. The van der Waals surface area contributed by atoms with E-state index in [2.05, 4.69) is 0 Å². The number of nitro benzene ring substituents is 1. The van der Waals surface area contributed by atoms with Gasteiger partial charge in [0, 0.05) is 38.3 Å². The Kier molecular flexibility index (Phi) is 5.85. The van der Waals surface area contributed by atoms with Crippen LogP contribution in [0.2, 0.25) is 10.0 Å². The Balaban J connectivity index is 1.81. The van der Waals surface area contributed by atoms with Gasteiger partial charge < -0.3 is 9.80 Å². The van der Waals surface area contributed by atoms with Gasteiger partial charge in [0.15, 0.2) is 23.3 Å². The number of hydrogen-bond donors (Lipinski definition) is 0. The first-order chi connectivity index (χ1) is 13.6. The zero-order valence-corrected chi connectivity index (χ0v) is 15.9. The number of benzene rings is 2. The van der Waals surface area contributed by atoms with Crippen LogP contribution in [-0.4, -0.2) is 41.9 Å². The molecular weight excluding hydrogens is 441 g/mol. The normalized spacial score (nSPS) is 14.3. The summed E-state index contributed by atoms with van der Waals surface area (Å²) in [5.41, 5.74) is -1.34. The fourth-order valence-electron chi connectivity index (χ4n) is 2.97. The van der Waals surface area contributed by atoms with Gasteiger partial charge in [0.1, 0.15) is 10.7 Å². The van der Waals surface area contributed by atoms with Crippen LogP contribution in [0.25, 0.3) is 0 Å². The predicted octanol–water partition coefficient (Wildman–Crippen LogP) is 4.42. The van der Waals surface area contributed by atoms with Crippen LogP contribution in [0.4, 0.5) is 28.9 Å². The molecule has 1 amide bonds. The topological polar surface area (TPSA) is 66.7 Å². The molecule has 1 fully saturated rings. The van der Waals surface area contributed by atoms with Gasteiger partial charge >= 0.3 is 0 Å². The third kappa shape index (κ3) is 3.82. The van der Waals surface area contributed by atoms with Gasteiger partial charge in [-0.05, 0) is 6.07 Å². The molecule has 1 heterocycles. The van der Waals surface area contributed by atoms with E-state index in [-0.39, 0.29) is 42.5 Å². The first-order valence-electron chi connectivity index (χ1n) is 8.13. The second-order valence-corrected chi connectivity index (χ2v) is 6.90. The molecule has 6 nitrogen and oxygen atoms in total. The van der Waals surface area contributed by atoms with E-state index < -0.39 is 44.8 Å². The van der Waals surface area contributed by atoms with Gasteiger partial charge in [-0.15, -0.1) is 0 Å². The van der Waals surface area contributed by atoms with Crippen molar-refractivity contribution >= 4 is 40.5 Å². The van der Waals surface area contributed by atoms with Gasteiger partial charge in [0.2, 0.25) is 0 Å². The van der Waals surface area contributed by atoms with E-state index in [9.17, 15) is 32.5 Å². The fraction of sp³-hybridized carbons (Fsp3) is 0.235. The maximum absolute atomic E-state index is 14.1. The van der Waals surface area contributed by atoms with E-state index in [4.69, 9.17) is 23.2 Å².